The van der Waals surface area contributed by atoms with Crippen molar-refractivity contribution in [1.82, 2.24) is 5.32 Å². The van der Waals surface area contributed by atoms with Gasteiger partial charge in [0, 0.05) is 19.4 Å². The van der Waals surface area contributed by atoms with Crippen molar-refractivity contribution >= 4 is 11.9 Å². The van der Waals surface area contributed by atoms with Gasteiger partial charge in [-0.15, -0.1) is 0 Å². The van der Waals surface area contributed by atoms with Gasteiger partial charge in [0.1, 0.15) is 13.2 Å². The summed E-state index contributed by atoms with van der Waals surface area (Å²) in [5.74, 6) is 0.376. The van der Waals surface area contributed by atoms with Crippen molar-refractivity contribution in [2.24, 2.45) is 0 Å². The van der Waals surface area contributed by atoms with Crippen LogP contribution in [-0.4, -0.2) is 36.2 Å². The van der Waals surface area contributed by atoms with Crippen LogP contribution in [-0.2, 0) is 16.0 Å². The van der Waals surface area contributed by atoms with E-state index in [-0.39, 0.29) is 18.4 Å². The van der Waals surface area contributed by atoms with Gasteiger partial charge in [-0.05, 0) is 30.5 Å². The number of rotatable bonds is 6. The number of fused-ring (bicyclic) bond motifs is 1. The molecular formula is C15H19NO5. The van der Waals surface area contributed by atoms with E-state index in [1.165, 1.54) is 6.92 Å². The van der Waals surface area contributed by atoms with Gasteiger partial charge in [0.2, 0.25) is 5.91 Å². The van der Waals surface area contributed by atoms with Gasteiger partial charge in [0.25, 0.3) is 0 Å². The summed E-state index contributed by atoms with van der Waals surface area (Å²) < 4.78 is 11.0. The van der Waals surface area contributed by atoms with Crippen molar-refractivity contribution in [3.8, 4) is 11.5 Å². The Morgan fingerprint density at radius 3 is 2.67 bits per heavy atom. The summed E-state index contributed by atoms with van der Waals surface area (Å²) in [4.78, 5) is 21.9. The molecule has 1 aliphatic heterocycles. The van der Waals surface area contributed by atoms with Crippen molar-refractivity contribution < 1.29 is 24.2 Å². The summed E-state index contributed by atoms with van der Waals surface area (Å²) >= 11 is 0. The van der Waals surface area contributed by atoms with E-state index >= 15 is 0 Å². The summed E-state index contributed by atoms with van der Waals surface area (Å²) in [6.07, 6.45) is 0.975. The molecule has 2 rings (SSSR count). The van der Waals surface area contributed by atoms with Crippen LogP contribution in [0.5, 0.6) is 11.5 Å². The number of nitrogens with one attached hydrogen (secondary N) is 1. The molecule has 0 saturated heterocycles. The number of carbonyl (C=O) groups excluding carboxylic acids is 1. The molecule has 1 atom stereocenters. The highest BCUT2D eigenvalue weighted by Gasteiger charge is 2.16. The monoisotopic (exact) mass is 293 g/mol. The number of ether oxygens (including phenoxy) is 2. The van der Waals surface area contributed by atoms with Crippen LogP contribution >= 0.6 is 0 Å². The van der Waals surface area contributed by atoms with E-state index in [9.17, 15) is 9.59 Å². The molecule has 114 valence electrons. The lowest BCUT2D eigenvalue weighted by molar-refractivity contribution is -0.137. The second-order valence-electron chi connectivity index (χ2n) is 5.01. The standard InChI is InChI=1S/C15H19NO5/c1-10(17)16-12(3-5-15(18)19)8-11-2-4-13-14(9-11)21-7-6-20-13/h2,4,9,12H,3,5-8H2,1H3,(H,16,17)(H,18,19). The minimum Gasteiger partial charge on any atom is -0.486 e. The molecule has 1 unspecified atom stereocenters. The molecule has 0 aromatic heterocycles. The Bertz CT molecular complexity index is 529. The lowest BCUT2D eigenvalue weighted by Gasteiger charge is -2.21. The Balaban J connectivity index is 2.04. The van der Waals surface area contributed by atoms with Crippen molar-refractivity contribution in [1.29, 1.82) is 0 Å². The molecule has 2 N–H and O–H groups in total. The fourth-order valence-electron chi connectivity index (χ4n) is 2.31. The average Bonchev–Trinajstić information content (AvgIpc) is 2.44. The van der Waals surface area contributed by atoms with Gasteiger partial charge >= 0.3 is 5.97 Å². The number of carboxylic acid groups (broad SMARTS) is 1. The smallest absolute Gasteiger partial charge is 0.303 e. The van der Waals surface area contributed by atoms with Crippen LogP contribution in [0.3, 0.4) is 0 Å². The summed E-state index contributed by atoms with van der Waals surface area (Å²) in [5.41, 5.74) is 0.975. The van der Waals surface area contributed by atoms with Gasteiger partial charge in [-0.1, -0.05) is 6.07 Å². The Morgan fingerprint density at radius 2 is 2.00 bits per heavy atom. The molecule has 0 aliphatic carbocycles. The van der Waals surface area contributed by atoms with E-state index in [2.05, 4.69) is 5.32 Å². The summed E-state index contributed by atoms with van der Waals surface area (Å²) in [6, 6.07) is 5.42. The lowest BCUT2D eigenvalue weighted by Crippen LogP contribution is -2.35. The van der Waals surface area contributed by atoms with E-state index in [4.69, 9.17) is 14.6 Å². The second-order valence-corrected chi connectivity index (χ2v) is 5.01. The quantitative estimate of drug-likeness (QED) is 0.827. The maximum atomic E-state index is 11.2. The first-order valence-corrected chi connectivity index (χ1v) is 6.92. The van der Waals surface area contributed by atoms with Crippen molar-refractivity contribution in [3.05, 3.63) is 23.8 Å². The number of aliphatic carboxylic acids is 1. The van der Waals surface area contributed by atoms with Crippen LogP contribution in [0, 0.1) is 0 Å². The SMILES string of the molecule is CC(=O)NC(CCC(=O)O)Cc1ccc2c(c1)OCCO2. The highest BCUT2D eigenvalue weighted by Crippen LogP contribution is 2.31. The Hall–Kier alpha value is -2.24. The van der Waals surface area contributed by atoms with Crippen LogP contribution in [0.1, 0.15) is 25.3 Å². The molecule has 1 heterocycles. The first kappa shape index (κ1) is 15.2. The van der Waals surface area contributed by atoms with E-state index in [1.807, 2.05) is 18.2 Å². The maximum absolute atomic E-state index is 11.2. The second kappa shape index (κ2) is 6.97. The number of hydrogen-bond donors (Lipinski definition) is 2. The predicted molar refractivity (Wildman–Crippen MR) is 75.6 cm³/mol. The Labute approximate surface area is 123 Å². The van der Waals surface area contributed by atoms with Crippen LogP contribution in [0.4, 0.5) is 0 Å². The van der Waals surface area contributed by atoms with Crippen LogP contribution in [0.25, 0.3) is 0 Å². The molecule has 21 heavy (non-hydrogen) atoms. The topological polar surface area (TPSA) is 84.9 Å². The molecule has 1 amide bonds. The number of carbonyl (C=O) groups is 2. The van der Waals surface area contributed by atoms with Gasteiger partial charge < -0.3 is 19.9 Å². The molecule has 1 aliphatic rings. The lowest BCUT2D eigenvalue weighted by atomic mass is 10.0. The van der Waals surface area contributed by atoms with Crippen molar-refractivity contribution in [3.63, 3.8) is 0 Å². The molecule has 0 saturated carbocycles. The minimum atomic E-state index is -0.868. The molecule has 6 nitrogen and oxygen atoms in total. The molecule has 1 aromatic carbocycles. The maximum Gasteiger partial charge on any atom is 0.303 e. The third-order valence-electron chi connectivity index (χ3n) is 3.20. The summed E-state index contributed by atoms with van der Waals surface area (Å²) in [7, 11) is 0. The molecule has 0 bridgehead atoms. The predicted octanol–water partition coefficient (Wildman–Crippen LogP) is 1.37. The number of benzene rings is 1. The molecular weight excluding hydrogens is 274 g/mol. The van der Waals surface area contributed by atoms with Gasteiger partial charge in [-0.25, -0.2) is 0 Å². The highest BCUT2D eigenvalue weighted by atomic mass is 16.6. The number of amides is 1. The van der Waals surface area contributed by atoms with Gasteiger partial charge in [-0.3, -0.25) is 9.59 Å². The van der Waals surface area contributed by atoms with Crippen molar-refractivity contribution in [2.75, 3.05) is 13.2 Å². The molecule has 6 heteroatoms. The fourth-order valence-corrected chi connectivity index (χ4v) is 2.31. The Kier molecular flexibility index (Phi) is 5.03. The molecule has 1 aromatic rings. The third kappa shape index (κ3) is 4.66. The minimum absolute atomic E-state index is 0.0233. The van der Waals surface area contributed by atoms with Crippen molar-refractivity contribution in [2.45, 2.75) is 32.2 Å². The van der Waals surface area contributed by atoms with Gasteiger partial charge in [-0.2, -0.15) is 0 Å². The van der Waals surface area contributed by atoms with Crippen LogP contribution < -0.4 is 14.8 Å². The summed E-state index contributed by atoms with van der Waals surface area (Å²) in [5, 5.41) is 11.6. The van der Waals surface area contributed by atoms with E-state index in [0.29, 0.717) is 37.6 Å². The van der Waals surface area contributed by atoms with E-state index in [1.54, 1.807) is 0 Å². The molecule has 0 radical (unpaired) electrons. The van der Waals surface area contributed by atoms with Crippen LogP contribution in [0.15, 0.2) is 18.2 Å². The van der Waals surface area contributed by atoms with Crippen LogP contribution in [0.2, 0.25) is 0 Å². The highest BCUT2D eigenvalue weighted by molar-refractivity contribution is 5.73. The van der Waals surface area contributed by atoms with Gasteiger partial charge in [0.15, 0.2) is 11.5 Å². The normalized spacial score (nSPS) is 14.3. The van der Waals surface area contributed by atoms with Gasteiger partial charge in [0.05, 0.1) is 0 Å². The van der Waals surface area contributed by atoms with E-state index in [0.717, 1.165) is 5.56 Å². The van der Waals surface area contributed by atoms with E-state index < -0.39 is 5.97 Å². The fraction of sp³-hybridized carbons (Fsp3) is 0.467. The number of carboxylic acids is 1. The average molecular weight is 293 g/mol. The first-order chi connectivity index (χ1) is 10.0. The zero-order valence-corrected chi connectivity index (χ0v) is 11.9. The third-order valence-corrected chi connectivity index (χ3v) is 3.20. The zero-order chi connectivity index (χ0) is 15.2. The Morgan fingerprint density at radius 1 is 1.29 bits per heavy atom. The first-order valence-electron chi connectivity index (χ1n) is 6.92. The number of hydrogen-bond acceptors (Lipinski definition) is 4. The summed E-state index contributed by atoms with van der Waals surface area (Å²) in [6.45, 7) is 2.49. The zero-order valence-electron chi connectivity index (χ0n) is 11.9. The largest absolute Gasteiger partial charge is 0.486 e. The molecule has 0 spiro atoms. The molecule has 0 fully saturated rings.